The second-order valence-corrected chi connectivity index (χ2v) is 8.49. The molecule has 0 spiro atoms. The van der Waals surface area contributed by atoms with Crippen LogP contribution in [0.3, 0.4) is 0 Å². The molecule has 4 aromatic rings. The molecule has 0 bridgehead atoms. The predicted molar refractivity (Wildman–Crippen MR) is 129 cm³/mol. The van der Waals surface area contributed by atoms with Crippen molar-refractivity contribution in [1.82, 2.24) is 14.7 Å². The maximum absolute atomic E-state index is 13.2. The maximum atomic E-state index is 13.2. The molecule has 3 aromatic carbocycles. The van der Waals surface area contributed by atoms with Gasteiger partial charge in [-0.2, -0.15) is 5.10 Å². The van der Waals surface area contributed by atoms with E-state index < -0.39 is 0 Å². The Kier molecular flexibility index (Phi) is 5.94. The first-order valence-corrected chi connectivity index (χ1v) is 11.3. The van der Waals surface area contributed by atoms with E-state index in [1.54, 1.807) is 4.68 Å². The summed E-state index contributed by atoms with van der Waals surface area (Å²) in [5.74, 6) is 0.736. The topological polar surface area (TPSA) is 47.4 Å². The number of ether oxygens (including phenoxy) is 1. The highest BCUT2D eigenvalue weighted by atomic mass is 16.5. The summed E-state index contributed by atoms with van der Waals surface area (Å²) in [5, 5.41) is 4.23. The first-order valence-electron chi connectivity index (χ1n) is 11.3. The van der Waals surface area contributed by atoms with Gasteiger partial charge in [0.2, 0.25) is 0 Å². The molecule has 0 fully saturated rings. The molecule has 5 nitrogen and oxygen atoms in total. The third kappa shape index (κ3) is 4.67. The molecule has 33 heavy (non-hydrogen) atoms. The third-order valence-corrected chi connectivity index (χ3v) is 6.05. The van der Waals surface area contributed by atoms with Crippen LogP contribution in [0.2, 0.25) is 0 Å². The van der Waals surface area contributed by atoms with Gasteiger partial charge in [0.25, 0.3) is 5.91 Å². The Balaban J connectivity index is 1.21. The number of rotatable bonds is 8. The number of hydrogen-bond donors (Lipinski definition) is 0. The second kappa shape index (κ2) is 9.33. The van der Waals surface area contributed by atoms with E-state index in [0.717, 1.165) is 35.1 Å². The first-order chi connectivity index (χ1) is 16.2. The third-order valence-electron chi connectivity index (χ3n) is 6.05. The molecule has 1 aliphatic rings. The van der Waals surface area contributed by atoms with E-state index in [1.165, 1.54) is 5.56 Å². The number of carbonyl (C=O) groups is 1. The predicted octanol–water partition coefficient (Wildman–Crippen LogP) is 5.25. The number of nitrogens with zero attached hydrogens (tertiary/aromatic N) is 3. The Hall–Kier alpha value is -3.86. The van der Waals surface area contributed by atoms with E-state index in [1.807, 2.05) is 48.6 Å². The summed E-state index contributed by atoms with van der Waals surface area (Å²) in [4.78, 5) is 15.1. The monoisotopic (exact) mass is 437 g/mol. The van der Waals surface area contributed by atoms with Crippen molar-refractivity contribution in [2.45, 2.75) is 25.9 Å². The SMILES string of the molecule is Cn1cc(-c2ccc(CN3Cc4cccc(OCCCc5ccccc5)c4C3=O)cc2)cn1. The fraction of sp³-hybridized carbons (Fsp3) is 0.214. The minimum Gasteiger partial charge on any atom is -0.493 e. The molecule has 0 atom stereocenters. The molecule has 0 saturated carbocycles. The Labute approximate surface area is 194 Å². The molecular formula is C28H27N3O2. The van der Waals surface area contributed by atoms with Crippen molar-refractivity contribution in [2.24, 2.45) is 7.05 Å². The van der Waals surface area contributed by atoms with Crippen LogP contribution in [-0.4, -0.2) is 27.2 Å². The smallest absolute Gasteiger partial charge is 0.258 e. The van der Waals surface area contributed by atoms with Crippen LogP contribution in [0.1, 0.15) is 33.5 Å². The average Bonchev–Trinajstić information content (AvgIpc) is 3.41. The number of carbonyl (C=O) groups excluding carboxylic acids is 1. The van der Waals surface area contributed by atoms with Gasteiger partial charge in [0, 0.05) is 31.9 Å². The van der Waals surface area contributed by atoms with Crippen molar-refractivity contribution in [3.05, 3.63) is 107 Å². The summed E-state index contributed by atoms with van der Waals surface area (Å²) >= 11 is 0. The average molecular weight is 438 g/mol. The zero-order valence-corrected chi connectivity index (χ0v) is 18.8. The molecule has 0 saturated heterocycles. The molecule has 2 heterocycles. The minimum atomic E-state index is 0.0417. The van der Waals surface area contributed by atoms with Crippen LogP contribution in [0, 0.1) is 0 Å². The van der Waals surface area contributed by atoms with Crippen molar-refractivity contribution >= 4 is 5.91 Å². The summed E-state index contributed by atoms with van der Waals surface area (Å²) in [6, 6.07) is 24.6. The lowest BCUT2D eigenvalue weighted by Crippen LogP contribution is -2.23. The van der Waals surface area contributed by atoms with Crippen molar-refractivity contribution in [3.63, 3.8) is 0 Å². The Bertz CT molecular complexity index is 1250. The van der Waals surface area contributed by atoms with Gasteiger partial charge in [-0.1, -0.05) is 66.7 Å². The molecule has 0 radical (unpaired) electrons. The van der Waals surface area contributed by atoms with Gasteiger partial charge in [-0.3, -0.25) is 9.48 Å². The number of benzene rings is 3. The number of amides is 1. The van der Waals surface area contributed by atoms with Crippen molar-refractivity contribution in [1.29, 1.82) is 0 Å². The van der Waals surface area contributed by atoms with Crippen molar-refractivity contribution in [2.75, 3.05) is 6.61 Å². The minimum absolute atomic E-state index is 0.0417. The lowest BCUT2D eigenvalue weighted by atomic mass is 10.1. The van der Waals surface area contributed by atoms with Gasteiger partial charge in [-0.15, -0.1) is 0 Å². The molecule has 5 heteroatoms. The number of hydrogen-bond acceptors (Lipinski definition) is 3. The van der Waals surface area contributed by atoms with E-state index >= 15 is 0 Å². The number of aromatic nitrogens is 2. The highest BCUT2D eigenvalue weighted by Crippen LogP contribution is 2.32. The summed E-state index contributed by atoms with van der Waals surface area (Å²) in [5.41, 5.74) is 6.36. The van der Waals surface area contributed by atoms with Crippen LogP contribution in [-0.2, 0) is 26.6 Å². The largest absolute Gasteiger partial charge is 0.493 e. The standard InChI is InChI=1S/C28H27N3O2/c1-30-19-25(17-29-30)23-14-12-22(13-15-23)18-31-20-24-10-5-11-26(27(24)28(31)32)33-16-6-9-21-7-3-2-4-8-21/h2-5,7-8,10-15,17,19H,6,9,16,18,20H2,1H3. The van der Waals surface area contributed by atoms with Gasteiger partial charge in [0.05, 0.1) is 18.4 Å². The lowest BCUT2D eigenvalue weighted by molar-refractivity contribution is 0.0763. The normalized spacial score (nSPS) is 12.8. The summed E-state index contributed by atoms with van der Waals surface area (Å²) in [7, 11) is 1.91. The fourth-order valence-corrected chi connectivity index (χ4v) is 4.33. The van der Waals surface area contributed by atoms with E-state index in [4.69, 9.17) is 4.74 Å². The highest BCUT2D eigenvalue weighted by molar-refractivity contribution is 6.01. The van der Waals surface area contributed by atoms with Crippen molar-refractivity contribution < 1.29 is 9.53 Å². The van der Waals surface area contributed by atoms with Crippen LogP contribution in [0.25, 0.3) is 11.1 Å². The van der Waals surface area contributed by atoms with Crippen LogP contribution in [0.15, 0.2) is 85.2 Å². The molecular weight excluding hydrogens is 410 g/mol. The summed E-state index contributed by atoms with van der Waals surface area (Å²) in [6.45, 7) is 1.78. The number of aryl methyl sites for hydroxylation is 2. The van der Waals surface area contributed by atoms with Crippen LogP contribution < -0.4 is 4.74 Å². The van der Waals surface area contributed by atoms with E-state index in [0.29, 0.717) is 31.0 Å². The van der Waals surface area contributed by atoms with Crippen molar-refractivity contribution in [3.8, 4) is 16.9 Å². The lowest BCUT2D eigenvalue weighted by Gasteiger charge is -2.16. The molecule has 0 unspecified atom stereocenters. The molecule has 0 aliphatic carbocycles. The maximum Gasteiger partial charge on any atom is 0.258 e. The molecule has 0 N–H and O–H groups in total. The molecule has 1 amide bonds. The molecule has 5 rings (SSSR count). The van der Waals surface area contributed by atoms with Gasteiger partial charge in [-0.25, -0.2) is 0 Å². The molecule has 1 aliphatic heterocycles. The van der Waals surface area contributed by atoms with Gasteiger partial charge in [0.15, 0.2) is 0 Å². The van der Waals surface area contributed by atoms with Gasteiger partial charge < -0.3 is 9.64 Å². The zero-order valence-electron chi connectivity index (χ0n) is 18.8. The quantitative estimate of drug-likeness (QED) is 0.354. The van der Waals surface area contributed by atoms with Gasteiger partial charge >= 0.3 is 0 Å². The highest BCUT2D eigenvalue weighted by Gasteiger charge is 2.30. The summed E-state index contributed by atoms with van der Waals surface area (Å²) in [6.07, 6.45) is 5.73. The Morgan fingerprint density at radius 2 is 1.73 bits per heavy atom. The van der Waals surface area contributed by atoms with Crippen LogP contribution in [0.5, 0.6) is 5.75 Å². The van der Waals surface area contributed by atoms with E-state index in [9.17, 15) is 4.79 Å². The Morgan fingerprint density at radius 3 is 2.48 bits per heavy atom. The Morgan fingerprint density at radius 1 is 0.909 bits per heavy atom. The second-order valence-electron chi connectivity index (χ2n) is 8.49. The van der Waals surface area contributed by atoms with Crippen LogP contribution >= 0.6 is 0 Å². The van der Waals surface area contributed by atoms with Crippen LogP contribution in [0.4, 0.5) is 0 Å². The number of fused-ring (bicyclic) bond motifs is 1. The summed E-state index contributed by atoms with van der Waals surface area (Å²) < 4.78 is 7.85. The zero-order chi connectivity index (χ0) is 22.6. The first kappa shape index (κ1) is 21.0. The van der Waals surface area contributed by atoms with Gasteiger partial charge in [0.1, 0.15) is 5.75 Å². The van der Waals surface area contributed by atoms with Gasteiger partial charge in [-0.05, 0) is 41.2 Å². The van der Waals surface area contributed by atoms with E-state index in [2.05, 4.69) is 53.6 Å². The molecule has 166 valence electrons. The fourth-order valence-electron chi connectivity index (χ4n) is 4.33. The van der Waals surface area contributed by atoms with E-state index in [-0.39, 0.29) is 5.91 Å². The molecule has 1 aromatic heterocycles.